The van der Waals surface area contributed by atoms with Crippen molar-refractivity contribution in [2.45, 2.75) is 9.79 Å². The molecule has 0 amide bonds. The van der Waals surface area contributed by atoms with Gasteiger partial charge in [-0.05, 0) is 12.1 Å². The molecule has 0 aliphatic heterocycles. The summed E-state index contributed by atoms with van der Waals surface area (Å²) in [6.45, 7) is 0. The van der Waals surface area contributed by atoms with Gasteiger partial charge in [0, 0.05) is 21.9 Å². The first-order valence-electron chi connectivity index (χ1n) is 5.44. The SMILES string of the molecule is Nc1c([N+](=O)[O-])cc(Sc2ccccc2)cc1[N+](=O)[O-]. The summed E-state index contributed by atoms with van der Waals surface area (Å²) in [4.78, 5) is 21.6. The van der Waals surface area contributed by atoms with Crippen LogP contribution >= 0.6 is 11.8 Å². The Hall–Kier alpha value is -2.61. The van der Waals surface area contributed by atoms with E-state index in [0.717, 1.165) is 4.90 Å². The van der Waals surface area contributed by atoms with Gasteiger partial charge in [-0.3, -0.25) is 20.2 Å². The van der Waals surface area contributed by atoms with Crippen molar-refractivity contribution in [3.63, 3.8) is 0 Å². The van der Waals surface area contributed by atoms with Crippen LogP contribution in [-0.4, -0.2) is 9.85 Å². The number of benzene rings is 2. The average Bonchev–Trinajstić information content (AvgIpc) is 2.41. The molecule has 2 aromatic rings. The molecule has 0 unspecified atom stereocenters. The molecule has 0 bridgehead atoms. The van der Waals surface area contributed by atoms with E-state index in [2.05, 4.69) is 0 Å². The number of anilines is 1. The number of nitrogens with zero attached hydrogens (tertiary/aromatic N) is 2. The highest BCUT2D eigenvalue weighted by molar-refractivity contribution is 7.99. The zero-order chi connectivity index (χ0) is 14.7. The topological polar surface area (TPSA) is 112 Å². The van der Waals surface area contributed by atoms with Crippen molar-refractivity contribution < 1.29 is 9.85 Å². The highest BCUT2D eigenvalue weighted by Gasteiger charge is 2.24. The van der Waals surface area contributed by atoms with E-state index < -0.39 is 26.9 Å². The maximum absolute atomic E-state index is 10.9. The Morgan fingerprint density at radius 2 is 1.40 bits per heavy atom. The monoisotopic (exact) mass is 291 g/mol. The van der Waals surface area contributed by atoms with Crippen LogP contribution < -0.4 is 5.73 Å². The van der Waals surface area contributed by atoms with Crippen LogP contribution in [0.15, 0.2) is 52.3 Å². The first kappa shape index (κ1) is 13.8. The van der Waals surface area contributed by atoms with Crippen molar-refractivity contribution in [2.24, 2.45) is 0 Å². The lowest BCUT2D eigenvalue weighted by Crippen LogP contribution is -2.01. The molecular weight excluding hydrogens is 282 g/mol. The predicted molar refractivity (Wildman–Crippen MR) is 74.7 cm³/mol. The summed E-state index contributed by atoms with van der Waals surface area (Å²) < 4.78 is 0. The van der Waals surface area contributed by atoms with E-state index in [-0.39, 0.29) is 0 Å². The zero-order valence-electron chi connectivity index (χ0n) is 10.1. The molecule has 0 fully saturated rings. The Kier molecular flexibility index (Phi) is 3.85. The lowest BCUT2D eigenvalue weighted by atomic mass is 10.2. The van der Waals surface area contributed by atoms with Crippen LogP contribution in [0.5, 0.6) is 0 Å². The van der Waals surface area contributed by atoms with E-state index in [1.54, 1.807) is 12.1 Å². The Morgan fingerprint density at radius 3 is 1.85 bits per heavy atom. The molecule has 8 heteroatoms. The van der Waals surface area contributed by atoms with E-state index in [0.29, 0.717) is 4.90 Å². The molecule has 2 aromatic carbocycles. The van der Waals surface area contributed by atoms with Gasteiger partial charge in [-0.1, -0.05) is 30.0 Å². The third kappa shape index (κ3) is 2.86. The van der Waals surface area contributed by atoms with Gasteiger partial charge in [-0.25, -0.2) is 0 Å². The van der Waals surface area contributed by atoms with E-state index in [1.165, 1.54) is 23.9 Å². The second-order valence-electron chi connectivity index (χ2n) is 3.80. The van der Waals surface area contributed by atoms with E-state index in [9.17, 15) is 20.2 Å². The Labute approximate surface area is 117 Å². The van der Waals surface area contributed by atoms with E-state index in [4.69, 9.17) is 5.73 Å². The standard InChI is InChI=1S/C12H9N3O4S/c13-12-10(14(16)17)6-9(7-11(12)15(18)19)20-8-4-2-1-3-5-8/h1-7H,13H2. The van der Waals surface area contributed by atoms with Crippen LogP contribution in [0.2, 0.25) is 0 Å². The van der Waals surface area contributed by atoms with Gasteiger partial charge in [-0.15, -0.1) is 0 Å². The van der Waals surface area contributed by atoms with Gasteiger partial charge < -0.3 is 5.73 Å². The number of nitro benzene ring substituents is 2. The molecule has 0 saturated carbocycles. The van der Waals surface area contributed by atoms with Gasteiger partial charge >= 0.3 is 0 Å². The summed E-state index contributed by atoms with van der Waals surface area (Å²) in [5, 5.41) is 21.8. The third-order valence-electron chi connectivity index (χ3n) is 2.48. The van der Waals surface area contributed by atoms with Gasteiger partial charge in [0.05, 0.1) is 9.85 Å². The molecule has 0 aliphatic rings. The smallest absolute Gasteiger partial charge is 0.300 e. The number of nitro groups is 2. The number of hydrogen-bond acceptors (Lipinski definition) is 6. The molecule has 0 atom stereocenters. The fourth-order valence-electron chi connectivity index (χ4n) is 1.58. The molecule has 102 valence electrons. The minimum absolute atomic E-state index is 0.392. The summed E-state index contributed by atoms with van der Waals surface area (Å²) in [7, 11) is 0. The summed E-state index contributed by atoms with van der Waals surface area (Å²) in [5.74, 6) is 0. The first-order chi connectivity index (χ1) is 9.49. The first-order valence-corrected chi connectivity index (χ1v) is 6.26. The summed E-state index contributed by atoms with van der Waals surface area (Å²) in [6, 6.07) is 11.5. The van der Waals surface area contributed by atoms with Gasteiger partial charge in [-0.2, -0.15) is 0 Å². The second-order valence-corrected chi connectivity index (χ2v) is 4.95. The third-order valence-corrected chi connectivity index (χ3v) is 3.46. The minimum Gasteiger partial charge on any atom is -0.387 e. The summed E-state index contributed by atoms with van der Waals surface area (Å²) >= 11 is 1.19. The van der Waals surface area contributed by atoms with Gasteiger partial charge in [0.2, 0.25) is 0 Å². The van der Waals surface area contributed by atoms with Crippen molar-refractivity contribution in [3.8, 4) is 0 Å². The number of hydrogen-bond donors (Lipinski definition) is 1. The van der Waals surface area contributed by atoms with Crippen LogP contribution in [0.4, 0.5) is 17.1 Å². The highest BCUT2D eigenvalue weighted by atomic mass is 32.2. The molecule has 0 heterocycles. The van der Waals surface area contributed by atoms with Gasteiger partial charge in [0.1, 0.15) is 0 Å². The molecule has 2 N–H and O–H groups in total. The van der Waals surface area contributed by atoms with Crippen LogP contribution in [-0.2, 0) is 0 Å². The Bertz CT molecular complexity index is 641. The van der Waals surface area contributed by atoms with Crippen molar-refractivity contribution in [3.05, 3.63) is 62.7 Å². The summed E-state index contributed by atoms with van der Waals surface area (Å²) in [6.07, 6.45) is 0. The molecule has 7 nitrogen and oxygen atoms in total. The lowest BCUT2D eigenvalue weighted by Gasteiger charge is -2.04. The van der Waals surface area contributed by atoms with E-state index >= 15 is 0 Å². The Balaban J connectivity index is 2.49. The second kappa shape index (κ2) is 5.57. The van der Waals surface area contributed by atoms with Crippen molar-refractivity contribution >= 4 is 28.8 Å². The number of nitrogens with two attached hydrogens (primary N) is 1. The molecule has 20 heavy (non-hydrogen) atoms. The van der Waals surface area contributed by atoms with Crippen molar-refractivity contribution in [2.75, 3.05) is 5.73 Å². The molecule has 0 saturated heterocycles. The van der Waals surface area contributed by atoms with Gasteiger partial charge in [0.25, 0.3) is 11.4 Å². The molecule has 2 rings (SSSR count). The van der Waals surface area contributed by atoms with E-state index in [1.807, 2.05) is 18.2 Å². The average molecular weight is 291 g/mol. The zero-order valence-corrected chi connectivity index (χ0v) is 10.9. The maximum atomic E-state index is 10.9. The maximum Gasteiger partial charge on any atom is 0.300 e. The number of rotatable bonds is 4. The molecular formula is C12H9N3O4S. The lowest BCUT2D eigenvalue weighted by molar-refractivity contribution is -0.392. The minimum atomic E-state index is -0.725. The van der Waals surface area contributed by atoms with Crippen LogP contribution in [0.25, 0.3) is 0 Å². The van der Waals surface area contributed by atoms with Crippen LogP contribution in [0, 0.1) is 20.2 Å². The van der Waals surface area contributed by atoms with Crippen molar-refractivity contribution in [1.82, 2.24) is 0 Å². The molecule has 0 radical (unpaired) electrons. The molecule has 0 spiro atoms. The molecule has 0 aliphatic carbocycles. The van der Waals surface area contributed by atoms with Gasteiger partial charge in [0.15, 0.2) is 5.69 Å². The quantitative estimate of drug-likeness (QED) is 0.525. The largest absolute Gasteiger partial charge is 0.387 e. The van der Waals surface area contributed by atoms with Crippen LogP contribution in [0.3, 0.4) is 0 Å². The predicted octanol–water partition coefficient (Wildman–Crippen LogP) is 3.24. The highest BCUT2D eigenvalue weighted by Crippen LogP contribution is 2.38. The normalized spacial score (nSPS) is 10.2. The number of nitrogen functional groups attached to an aromatic ring is 1. The fraction of sp³-hybridized carbons (Fsp3) is 0. The molecule has 0 aromatic heterocycles. The fourth-order valence-corrected chi connectivity index (χ4v) is 2.49. The summed E-state index contributed by atoms with van der Waals surface area (Å²) in [5.41, 5.74) is 4.10. The van der Waals surface area contributed by atoms with Crippen LogP contribution in [0.1, 0.15) is 0 Å². The van der Waals surface area contributed by atoms with Crippen molar-refractivity contribution in [1.29, 1.82) is 0 Å². The Morgan fingerprint density at radius 1 is 0.900 bits per heavy atom.